The molecule has 5 atom stereocenters. The quantitative estimate of drug-likeness (QED) is 0.525. The number of rotatable bonds is 3. The molecule has 3 fully saturated rings. The van der Waals surface area contributed by atoms with Gasteiger partial charge in [-0.15, -0.1) is 0 Å². The predicted molar refractivity (Wildman–Crippen MR) is 58.7 cm³/mol. The van der Waals surface area contributed by atoms with E-state index in [-0.39, 0.29) is 24.9 Å². The van der Waals surface area contributed by atoms with E-state index in [2.05, 4.69) is 4.74 Å². The number of ether oxygens (including phenoxy) is 2. The maximum Gasteiger partial charge on any atom is 0.428 e. The highest BCUT2D eigenvalue weighted by Gasteiger charge is 2.61. The lowest BCUT2D eigenvalue weighted by atomic mass is 9.80. The first kappa shape index (κ1) is 14.6. The lowest BCUT2D eigenvalue weighted by molar-refractivity contribution is -0.172. The topological polar surface area (TPSA) is 110 Å². The number of cyclic esters (lactones) is 1. The average Bonchev–Trinajstić information content (AvgIpc) is 3.00. The summed E-state index contributed by atoms with van der Waals surface area (Å²) in [4.78, 5) is 22.8. The van der Waals surface area contributed by atoms with Gasteiger partial charge in [-0.25, -0.2) is 13.2 Å². The number of fused-ring (bicyclic) bond motifs is 5. The van der Waals surface area contributed by atoms with Gasteiger partial charge >= 0.3 is 17.2 Å². The number of hydrogen-bond acceptors (Lipinski definition) is 7. The molecule has 2 bridgehead atoms. The summed E-state index contributed by atoms with van der Waals surface area (Å²) >= 11 is 0. The summed E-state index contributed by atoms with van der Waals surface area (Å²) in [6.45, 7) is 0.274. The Kier molecular flexibility index (Phi) is 3.04. The van der Waals surface area contributed by atoms with Gasteiger partial charge in [-0.1, -0.05) is 0 Å². The van der Waals surface area contributed by atoms with Gasteiger partial charge in [-0.2, -0.15) is 8.78 Å². The minimum Gasteiger partial charge on any atom is -0.743 e. The van der Waals surface area contributed by atoms with Crippen molar-refractivity contribution in [3.63, 3.8) is 0 Å². The van der Waals surface area contributed by atoms with Crippen LogP contribution in [-0.2, 0) is 29.2 Å². The molecule has 0 N–H and O–H groups in total. The molecular weight excluding hydrogens is 314 g/mol. The standard InChI is InChI=1S/C11H12F2O7S/c12-11(13,21(16,17)18)10(15)20-7-2-4-1-5(7)8-6(4)3-19-9(8)14/h4-8H,1-3H2,(H,16,17,18)/p-1. The monoisotopic (exact) mass is 325 g/mol. The van der Waals surface area contributed by atoms with Crippen molar-refractivity contribution in [3.05, 3.63) is 0 Å². The Bertz CT molecular complexity index is 602. The molecule has 0 aromatic rings. The zero-order valence-corrected chi connectivity index (χ0v) is 11.3. The van der Waals surface area contributed by atoms with Crippen LogP contribution in [0, 0.1) is 23.7 Å². The second-order valence-electron chi connectivity index (χ2n) is 5.63. The Morgan fingerprint density at radius 3 is 2.62 bits per heavy atom. The van der Waals surface area contributed by atoms with E-state index in [0.29, 0.717) is 6.42 Å². The summed E-state index contributed by atoms with van der Waals surface area (Å²) in [7, 11) is -6.13. The van der Waals surface area contributed by atoms with E-state index >= 15 is 0 Å². The largest absolute Gasteiger partial charge is 0.743 e. The molecule has 0 aromatic heterocycles. The van der Waals surface area contributed by atoms with Gasteiger partial charge in [0.05, 0.1) is 12.5 Å². The Morgan fingerprint density at radius 1 is 1.33 bits per heavy atom. The third-order valence-electron chi connectivity index (χ3n) is 4.62. The van der Waals surface area contributed by atoms with E-state index in [4.69, 9.17) is 4.74 Å². The van der Waals surface area contributed by atoms with Crippen LogP contribution in [0.5, 0.6) is 0 Å². The first-order valence-electron chi connectivity index (χ1n) is 6.34. The molecule has 2 aliphatic carbocycles. The predicted octanol–water partition coefficient (Wildman–Crippen LogP) is -0.135. The molecule has 5 unspecified atom stereocenters. The van der Waals surface area contributed by atoms with Crippen LogP contribution in [0.15, 0.2) is 0 Å². The van der Waals surface area contributed by atoms with Crippen molar-refractivity contribution in [3.8, 4) is 0 Å². The van der Waals surface area contributed by atoms with Gasteiger partial charge in [0.15, 0.2) is 10.1 Å². The van der Waals surface area contributed by atoms with E-state index in [9.17, 15) is 31.3 Å². The van der Waals surface area contributed by atoms with Crippen LogP contribution >= 0.6 is 0 Å². The Morgan fingerprint density at radius 2 is 2.00 bits per heavy atom. The van der Waals surface area contributed by atoms with Crippen LogP contribution < -0.4 is 0 Å². The molecule has 2 saturated carbocycles. The molecule has 10 heteroatoms. The van der Waals surface area contributed by atoms with Crippen molar-refractivity contribution < 1.29 is 40.8 Å². The fourth-order valence-electron chi connectivity index (χ4n) is 3.72. The van der Waals surface area contributed by atoms with Crippen LogP contribution in [0.25, 0.3) is 0 Å². The van der Waals surface area contributed by atoms with Crippen molar-refractivity contribution in [1.82, 2.24) is 0 Å². The molecule has 1 saturated heterocycles. The summed E-state index contributed by atoms with van der Waals surface area (Å²) in [6, 6.07) is 0. The molecule has 118 valence electrons. The first-order valence-corrected chi connectivity index (χ1v) is 7.74. The van der Waals surface area contributed by atoms with Gasteiger partial charge in [0.2, 0.25) is 0 Å². The molecule has 7 nitrogen and oxygen atoms in total. The Hall–Kier alpha value is -1.29. The number of alkyl halides is 2. The van der Waals surface area contributed by atoms with Gasteiger partial charge in [-0.3, -0.25) is 4.79 Å². The second kappa shape index (κ2) is 4.35. The summed E-state index contributed by atoms with van der Waals surface area (Å²) in [5.41, 5.74) is 0. The minimum absolute atomic E-state index is 0.00111. The molecule has 0 aromatic carbocycles. The van der Waals surface area contributed by atoms with E-state index < -0.39 is 45.3 Å². The van der Waals surface area contributed by atoms with Gasteiger partial charge in [0, 0.05) is 11.8 Å². The number of carbonyl (C=O) groups excluding carboxylic acids is 2. The average molecular weight is 325 g/mol. The normalized spacial score (nSPS) is 38.2. The molecule has 0 spiro atoms. The minimum atomic E-state index is -6.13. The zero-order valence-electron chi connectivity index (χ0n) is 10.5. The van der Waals surface area contributed by atoms with E-state index in [1.54, 1.807) is 0 Å². The molecule has 3 aliphatic rings. The van der Waals surface area contributed by atoms with Crippen molar-refractivity contribution >= 4 is 22.1 Å². The van der Waals surface area contributed by atoms with Crippen molar-refractivity contribution in [2.75, 3.05) is 6.61 Å². The van der Waals surface area contributed by atoms with Gasteiger partial charge in [0.1, 0.15) is 6.10 Å². The molecular formula is C11H11F2O7S-. The maximum atomic E-state index is 13.1. The SMILES string of the molecule is O=C1OCC2C3CC(OC(=O)C(F)(F)S(=O)(=O)[O-])C(C3)C12. The molecule has 1 aliphatic heterocycles. The van der Waals surface area contributed by atoms with Gasteiger partial charge < -0.3 is 14.0 Å². The van der Waals surface area contributed by atoms with Gasteiger partial charge in [-0.05, 0) is 18.8 Å². The van der Waals surface area contributed by atoms with Crippen LogP contribution in [0.1, 0.15) is 12.8 Å². The lowest BCUT2D eigenvalue weighted by Crippen LogP contribution is -2.43. The Labute approximate surface area is 118 Å². The second-order valence-corrected chi connectivity index (χ2v) is 7.05. The molecule has 0 amide bonds. The fourth-order valence-corrected chi connectivity index (χ4v) is 3.97. The zero-order chi connectivity index (χ0) is 15.6. The fraction of sp³-hybridized carbons (Fsp3) is 0.818. The number of carbonyl (C=O) groups is 2. The lowest BCUT2D eigenvalue weighted by Gasteiger charge is -2.29. The third-order valence-corrected chi connectivity index (χ3v) is 5.41. The van der Waals surface area contributed by atoms with Crippen molar-refractivity contribution in [2.45, 2.75) is 24.2 Å². The van der Waals surface area contributed by atoms with Crippen molar-refractivity contribution in [1.29, 1.82) is 0 Å². The highest BCUT2D eigenvalue weighted by atomic mass is 32.2. The van der Waals surface area contributed by atoms with Crippen LogP contribution in [0.3, 0.4) is 0 Å². The number of hydrogen-bond donors (Lipinski definition) is 0. The molecule has 21 heavy (non-hydrogen) atoms. The maximum absolute atomic E-state index is 13.1. The highest BCUT2D eigenvalue weighted by molar-refractivity contribution is 7.87. The summed E-state index contributed by atoms with van der Waals surface area (Å²) in [5.74, 6) is -3.76. The Balaban J connectivity index is 1.73. The number of esters is 2. The summed E-state index contributed by atoms with van der Waals surface area (Å²) in [5, 5.41) is -5.12. The molecule has 0 radical (unpaired) electrons. The highest BCUT2D eigenvalue weighted by Crippen LogP contribution is 2.56. The first-order chi connectivity index (χ1) is 9.63. The van der Waals surface area contributed by atoms with Crippen LogP contribution in [-0.4, -0.2) is 42.9 Å². The molecule has 3 rings (SSSR count). The van der Waals surface area contributed by atoms with Gasteiger partial charge in [0.25, 0.3) is 0 Å². The summed E-state index contributed by atoms with van der Waals surface area (Å²) in [6.07, 6.45) is -0.177. The van der Waals surface area contributed by atoms with E-state index in [1.807, 2.05) is 0 Å². The van der Waals surface area contributed by atoms with E-state index in [1.165, 1.54) is 0 Å². The molecule has 1 heterocycles. The summed E-state index contributed by atoms with van der Waals surface area (Å²) < 4.78 is 66.8. The van der Waals surface area contributed by atoms with Crippen LogP contribution in [0.4, 0.5) is 8.78 Å². The third kappa shape index (κ3) is 2.03. The smallest absolute Gasteiger partial charge is 0.428 e. The van der Waals surface area contributed by atoms with E-state index in [0.717, 1.165) is 0 Å². The number of halogens is 2. The van der Waals surface area contributed by atoms with Crippen molar-refractivity contribution in [2.24, 2.45) is 23.7 Å². The van der Waals surface area contributed by atoms with Crippen LogP contribution in [0.2, 0.25) is 0 Å².